The van der Waals surface area contributed by atoms with Crippen LogP contribution in [-0.4, -0.2) is 17.6 Å². The number of hydrogen-bond donors (Lipinski definition) is 1. The number of benzene rings is 1. The molecule has 0 radical (unpaired) electrons. The van der Waals surface area contributed by atoms with Gasteiger partial charge in [0.2, 0.25) is 5.76 Å². The molecule has 1 aromatic carbocycles. The summed E-state index contributed by atoms with van der Waals surface area (Å²) in [5.74, 6) is -0.0734. The van der Waals surface area contributed by atoms with Gasteiger partial charge in [-0.05, 0) is 25.5 Å². The molecule has 0 saturated carbocycles. The van der Waals surface area contributed by atoms with Crippen molar-refractivity contribution in [2.45, 2.75) is 13.3 Å². The number of halogens is 1. The van der Waals surface area contributed by atoms with Crippen molar-refractivity contribution in [1.29, 1.82) is 0 Å². The highest BCUT2D eigenvalue weighted by Crippen LogP contribution is 2.22. The summed E-state index contributed by atoms with van der Waals surface area (Å²) in [5, 5.41) is 7.26. The second-order valence-corrected chi connectivity index (χ2v) is 4.64. The van der Waals surface area contributed by atoms with Crippen molar-refractivity contribution in [2.75, 3.05) is 6.54 Å². The van der Waals surface area contributed by atoms with Gasteiger partial charge in [-0.2, -0.15) is 0 Å². The summed E-state index contributed by atoms with van der Waals surface area (Å²) in [6, 6.07) is 8.84. The van der Waals surface area contributed by atoms with E-state index < -0.39 is 0 Å². The number of hydrogen-bond acceptors (Lipinski definition) is 3. The Morgan fingerprint density at radius 3 is 3.05 bits per heavy atom. The van der Waals surface area contributed by atoms with Gasteiger partial charge < -0.3 is 9.84 Å². The minimum absolute atomic E-state index is 0.195. The first-order chi connectivity index (χ1) is 9.70. The maximum Gasteiger partial charge on any atom is 0.289 e. The van der Waals surface area contributed by atoms with Gasteiger partial charge in [-0.15, -0.1) is 0 Å². The molecule has 1 N–H and O–H groups in total. The van der Waals surface area contributed by atoms with Gasteiger partial charge in [0.25, 0.3) is 5.91 Å². The third-order valence-electron chi connectivity index (χ3n) is 2.69. The molecule has 0 atom stereocenters. The molecule has 1 amide bonds. The van der Waals surface area contributed by atoms with E-state index in [1.807, 2.05) is 31.2 Å². The number of rotatable bonds is 5. The summed E-state index contributed by atoms with van der Waals surface area (Å²) < 4.78 is 5.05. The Kier molecular flexibility index (Phi) is 4.96. The summed E-state index contributed by atoms with van der Waals surface area (Å²) in [6.07, 6.45) is 4.72. The highest BCUT2D eigenvalue weighted by atomic mass is 35.5. The molecule has 20 heavy (non-hydrogen) atoms. The van der Waals surface area contributed by atoms with Crippen LogP contribution in [-0.2, 0) is 0 Å². The topological polar surface area (TPSA) is 55.1 Å². The van der Waals surface area contributed by atoms with E-state index in [-0.39, 0.29) is 11.7 Å². The van der Waals surface area contributed by atoms with Gasteiger partial charge >= 0.3 is 0 Å². The van der Waals surface area contributed by atoms with Crippen molar-refractivity contribution >= 4 is 17.5 Å². The molecule has 5 heteroatoms. The Morgan fingerprint density at radius 1 is 1.45 bits per heavy atom. The Hall–Kier alpha value is -2.07. The van der Waals surface area contributed by atoms with E-state index in [0.29, 0.717) is 17.3 Å². The second kappa shape index (κ2) is 6.91. The van der Waals surface area contributed by atoms with Gasteiger partial charge in [-0.3, -0.25) is 4.79 Å². The summed E-state index contributed by atoms with van der Waals surface area (Å²) >= 11 is 5.92. The van der Waals surface area contributed by atoms with Crippen molar-refractivity contribution in [3.05, 3.63) is 53.3 Å². The molecule has 0 spiro atoms. The van der Waals surface area contributed by atoms with Crippen LogP contribution in [0.1, 0.15) is 23.9 Å². The monoisotopic (exact) mass is 290 g/mol. The van der Waals surface area contributed by atoms with E-state index in [1.165, 1.54) is 0 Å². The minimum atomic E-state index is -0.268. The number of allylic oxidation sites excluding steroid dienone is 1. The molecule has 0 aliphatic heterocycles. The van der Waals surface area contributed by atoms with Crippen LogP contribution < -0.4 is 5.32 Å². The quantitative estimate of drug-likeness (QED) is 0.675. The molecule has 2 aromatic rings. The zero-order chi connectivity index (χ0) is 14.4. The maximum absolute atomic E-state index is 11.8. The Labute approximate surface area is 122 Å². The Morgan fingerprint density at radius 2 is 2.30 bits per heavy atom. The van der Waals surface area contributed by atoms with Gasteiger partial charge in [0.05, 0.1) is 0 Å². The lowest BCUT2D eigenvalue weighted by Gasteiger charge is -1.98. The van der Waals surface area contributed by atoms with Crippen molar-refractivity contribution in [2.24, 2.45) is 0 Å². The van der Waals surface area contributed by atoms with Crippen LogP contribution in [0.3, 0.4) is 0 Å². The third kappa shape index (κ3) is 3.71. The molecule has 1 aromatic heterocycles. The Bertz CT molecular complexity index is 620. The van der Waals surface area contributed by atoms with Crippen molar-refractivity contribution < 1.29 is 9.32 Å². The number of amides is 1. The van der Waals surface area contributed by atoms with Crippen LogP contribution >= 0.6 is 11.6 Å². The fourth-order valence-electron chi connectivity index (χ4n) is 1.69. The molecule has 0 aliphatic rings. The molecule has 0 saturated heterocycles. The number of carbonyl (C=O) groups is 1. The molecule has 0 unspecified atom stereocenters. The van der Waals surface area contributed by atoms with Gasteiger partial charge in [0.1, 0.15) is 5.69 Å². The number of aromatic nitrogens is 1. The largest absolute Gasteiger partial charge is 0.350 e. The fourth-order valence-corrected chi connectivity index (χ4v) is 1.88. The standard InChI is InChI=1S/C15H15ClN2O2/c1-2-3-4-8-17-15(19)14-10-13(18-20-14)11-6-5-7-12(16)9-11/h2-3,5-7,9-10H,4,8H2,1H3,(H,17,19)/b3-2+. The van der Waals surface area contributed by atoms with Crippen molar-refractivity contribution in [1.82, 2.24) is 10.5 Å². The van der Waals surface area contributed by atoms with Crippen LogP contribution in [0.4, 0.5) is 0 Å². The lowest BCUT2D eigenvalue weighted by Crippen LogP contribution is -2.23. The third-order valence-corrected chi connectivity index (χ3v) is 2.92. The van der Waals surface area contributed by atoms with Crippen LogP contribution in [0, 0.1) is 0 Å². The maximum atomic E-state index is 11.8. The Balaban J connectivity index is 2.03. The molecule has 104 valence electrons. The normalized spacial score (nSPS) is 10.9. The van der Waals surface area contributed by atoms with E-state index in [4.69, 9.17) is 16.1 Å². The predicted octanol–water partition coefficient (Wildman–Crippen LogP) is 3.69. The van der Waals surface area contributed by atoms with Gasteiger partial charge in [-0.25, -0.2) is 0 Å². The molecule has 2 rings (SSSR count). The highest BCUT2D eigenvalue weighted by molar-refractivity contribution is 6.30. The zero-order valence-electron chi connectivity index (χ0n) is 11.1. The SMILES string of the molecule is C/C=C/CCNC(=O)c1cc(-c2cccc(Cl)c2)no1. The first kappa shape index (κ1) is 14.3. The summed E-state index contributed by atoms with van der Waals surface area (Å²) in [6.45, 7) is 2.51. The van der Waals surface area contributed by atoms with Gasteiger partial charge in [-0.1, -0.05) is 41.0 Å². The summed E-state index contributed by atoms with van der Waals surface area (Å²) in [5.41, 5.74) is 1.40. The summed E-state index contributed by atoms with van der Waals surface area (Å²) in [4.78, 5) is 11.8. The average molecular weight is 291 g/mol. The molecule has 0 fully saturated rings. The first-order valence-electron chi connectivity index (χ1n) is 6.32. The molecule has 1 heterocycles. The number of nitrogens with zero attached hydrogens (tertiary/aromatic N) is 1. The first-order valence-corrected chi connectivity index (χ1v) is 6.70. The molecule has 0 aliphatic carbocycles. The van der Waals surface area contributed by atoms with E-state index in [2.05, 4.69) is 10.5 Å². The second-order valence-electron chi connectivity index (χ2n) is 4.20. The van der Waals surface area contributed by atoms with Gasteiger partial charge in [0.15, 0.2) is 0 Å². The van der Waals surface area contributed by atoms with E-state index in [0.717, 1.165) is 12.0 Å². The van der Waals surface area contributed by atoms with E-state index in [9.17, 15) is 4.79 Å². The highest BCUT2D eigenvalue weighted by Gasteiger charge is 2.13. The summed E-state index contributed by atoms with van der Waals surface area (Å²) in [7, 11) is 0. The molecular formula is C15H15ClN2O2. The number of carbonyl (C=O) groups excluding carboxylic acids is 1. The lowest BCUT2D eigenvalue weighted by molar-refractivity contribution is 0.0917. The smallest absolute Gasteiger partial charge is 0.289 e. The molecule has 4 nitrogen and oxygen atoms in total. The van der Waals surface area contributed by atoms with Crippen LogP contribution in [0.25, 0.3) is 11.3 Å². The van der Waals surface area contributed by atoms with Gasteiger partial charge in [0, 0.05) is 23.2 Å². The van der Waals surface area contributed by atoms with E-state index in [1.54, 1.807) is 18.2 Å². The van der Waals surface area contributed by atoms with Crippen molar-refractivity contribution in [3.63, 3.8) is 0 Å². The zero-order valence-corrected chi connectivity index (χ0v) is 11.9. The fraction of sp³-hybridized carbons (Fsp3) is 0.200. The van der Waals surface area contributed by atoms with Crippen LogP contribution in [0.15, 0.2) is 47.0 Å². The minimum Gasteiger partial charge on any atom is -0.350 e. The molecular weight excluding hydrogens is 276 g/mol. The van der Waals surface area contributed by atoms with Crippen LogP contribution in [0.2, 0.25) is 5.02 Å². The van der Waals surface area contributed by atoms with Crippen LogP contribution in [0.5, 0.6) is 0 Å². The number of nitrogens with one attached hydrogen (secondary N) is 1. The van der Waals surface area contributed by atoms with Crippen molar-refractivity contribution in [3.8, 4) is 11.3 Å². The predicted molar refractivity (Wildman–Crippen MR) is 78.7 cm³/mol. The average Bonchev–Trinajstić information content (AvgIpc) is 2.93. The lowest BCUT2D eigenvalue weighted by atomic mass is 10.1. The molecule has 0 bridgehead atoms. The van der Waals surface area contributed by atoms with E-state index >= 15 is 0 Å².